The van der Waals surface area contributed by atoms with E-state index < -0.39 is 11.6 Å². The van der Waals surface area contributed by atoms with E-state index in [1.54, 1.807) is 9.80 Å². The Bertz CT molecular complexity index is 959. The topological polar surface area (TPSA) is 51.4 Å². The third kappa shape index (κ3) is 3.65. The molecule has 4 rings (SSSR count). The van der Waals surface area contributed by atoms with Gasteiger partial charge in [0.25, 0.3) is 0 Å². The summed E-state index contributed by atoms with van der Waals surface area (Å²) < 4.78 is 27.9. The van der Waals surface area contributed by atoms with E-state index >= 15 is 0 Å². The van der Waals surface area contributed by atoms with Crippen molar-refractivity contribution in [1.29, 1.82) is 0 Å². The van der Waals surface area contributed by atoms with Gasteiger partial charge in [-0.05, 0) is 30.2 Å². The number of halogens is 2. The lowest BCUT2D eigenvalue weighted by Crippen LogP contribution is -2.52. The summed E-state index contributed by atoms with van der Waals surface area (Å²) in [6.45, 7) is 2.17. The molecule has 2 amide bonds. The standard InChI is InChI=1S/C21H22F2N4O/c22-17-5-3-6-18(23)20(17)26-10-12-27(13-11-26)21(28)24-9-8-15-14-25-19-7-2-1-4-16(15)19/h1-7,14,25H,8-13H2,(H,24,28). The Morgan fingerprint density at radius 2 is 1.71 bits per heavy atom. The number of aromatic nitrogens is 1. The number of rotatable bonds is 4. The van der Waals surface area contributed by atoms with Gasteiger partial charge in [0.2, 0.25) is 0 Å². The van der Waals surface area contributed by atoms with Crippen molar-refractivity contribution in [2.75, 3.05) is 37.6 Å². The largest absolute Gasteiger partial charge is 0.363 e. The molecule has 28 heavy (non-hydrogen) atoms. The summed E-state index contributed by atoms with van der Waals surface area (Å²) in [4.78, 5) is 19.0. The van der Waals surface area contributed by atoms with E-state index in [4.69, 9.17) is 0 Å². The molecule has 2 heterocycles. The third-order valence-electron chi connectivity index (χ3n) is 5.17. The van der Waals surface area contributed by atoms with Gasteiger partial charge in [-0.15, -0.1) is 0 Å². The lowest BCUT2D eigenvalue weighted by Gasteiger charge is -2.36. The lowest BCUT2D eigenvalue weighted by atomic mass is 10.1. The normalized spacial score (nSPS) is 14.5. The number of H-pyrrole nitrogens is 1. The Kier molecular flexibility index (Phi) is 5.14. The lowest BCUT2D eigenvalue weighted by molar-refractivity contribution is 0.194. The number of carbonyl (C=O) groups excluding carboxylic acids is 1. The molecule has 1 fully saturated rings. The molecule has 0 atom stereocenters. The van der Waals surface area contributed by atoms with Crippen LogP contribution in [0.25, 0.3) is 10.9 Å². The van der Waals surface area contributed by atoms with E-state index in [9.17, 15) is 13.6 Å². The van der Waals surface area contributed by atoms with Crippen LogP contribution < -0.4 is 10.2 Å². The minimum Gasteiger partial charge on any atom is -0.363 e. The summed E-state index contributed by atoms with van der Waals surface area (Å²) in [6.07, 6.45) is 2.70. The molecule has 1 saturated heterocycles. The zero-order chi connectivity index (χ0) is 19.5. The maximum atomic E-state index is 13.9. The SMILES string of the molecule is O=C(NCCc1c[nH]c2ccccc12)N1CCN(c2c(F)cccc2F)CC1. The summed E-state index contributed by atoms with van der Waals surface area (Å²) in [5.74, 6) is -1.15. The maximum Gasteiger partial charge on any atom is 0.317 e. The molecule has 1 aromatic heterocycles. The minimum absolute atomic E-state index is 0.0121. The summed E-state index contributed by atoms with van der Waals surface area (Å²) in [5, 5.41) is 4.10. The van der Waals surface area contributed by atoms with Gasteiger partial charge in [-0.1, -0.05) is 24.3 Å². The monoisotopic (exact) mass is 384 g/mol. The number of amides is 2. The van der Waals surface area contributed by atoms with Crippen molar-refractivity contribution in [2.45, 2.75) is 6.42 Å². The van der Waals surface area contributed by atoms with Gasteiger partial charge in [0.1, 0.15) is 17.3 Å². The van der Waals surface area contributed by atoms with E-state index in [-0.39, 0.29) is 11.7 Å². The molecular formula is C21H22F2N4O. The highest BCUT2D eigenvalue weighted by molar-refractivity contribution is 5.83. The van der Waals surface area contributed by atoms with Crippen LogP contribution in [-0.4, -0.2) is 48.6 Å². The summed E-state index contributed by atoms with van der Waals surface area (Å²) in [5.41, 5.74) is 2.23. The number of para-hydroxylation sites is 2. The molecule has 2 aromatic carbocycles. The molecule has 0 unspecified atom stereocenters. The third-order valence-corrected chi connectivity index (χ3v) is 5.17. The first kappa shape index (κ1) is 18.3. The second-order valence-electron chi connectivity index (χ2n) is 6.89. The number of urea groups is 1. The first-order valence-corrected chi connectivity index (χ1v) is 9.40. The van der Waals surface area contributed by atoms with Crippen molar-refractivity contribution in [3.63, 3.8) is 0 Å². The van der Waals surface area contributed by atoms with Crippen LogP contribution in [0, 0.1) is 11.6 Å². The fourth-order valence-electron chi connectivity index (χ4n) is 3.68. The molecular weight excluding hydrogens is 362 g/mol. The van der Waals surface area contributed by atoms with Crippen molar-refractivity contribution in [1.82, 2.24) is 15.2 Å². The number of hydrogen-bond donors (Lipinski definition) is 2. The van der Waals surface area contributed by atoms with Gasteiger partial charge in [-0.3, -0.25) is 0 Å². The molecule has 146 valence electrons. The minimum atomic E-state index is -0.573. The summed E-state index contributed by atoms with van der Waals surface area (Å²) >= 11 is 0. The zero-order valence-corrected chi connectivity index (χ0v) is 15.4. The highest BCUT2D eigenvalue weighted by atomic mass is 19.1. The van der Waals surface area contributed by atoms with Crippen LogP contribution in [0.3, 0.4) is 0 Å². The molecule has 0 saturated carbocycles. The number of carbonyl (C=O) groups is 1. The maximum absolute atomic E-state index is 13.9. The zero-order valence-electron chi connectivity index (χ0n) is 15.4. The van der Waals surface area contributed by atoms with Crippen molar-refractivity contribution >= 4 is 22.6 Å². The van der Waals surface area contributed by atoms with Crippen LogP contribution in [0.5, 0.6) is 0 Å². The smallest absolute Gasteiger partial charge is 0.317 e. The second kappa shape index (κ2) is 7.88. The molecule has 1 aliphatic rings. The molecule has 1 aliphatic heterocycles. The number of anilines is 1. The van der Waals surface area contributed by atoms with Gasteiger partial charge in [-0.25, -0.2) is 13.6 Å². The predicted octanol–water partition coefficient (Wildman–Crippen LogP) is 3.52. The first-order chi connectivity index (χ1) is 13.6. The molecule has 0 aliphatic carbocycles. The van der Waals surface area contributed by atoms with Crippen LogP contribution in [-0.2, 0) is 6.42 Å². The van der Waals surface area contributed by atoms with E-state index in [0.717, 1.165) is 22.9 Å². The number of piperazine rings is 1. The number of fused-ring (bicyclic) bond motifs is 1. The highest BCUT2D eigenvalue weighted by Crippen LogP contribution is 2.24. The fourth-order valence-corrected chi connectivity index (χ4v) is 3.68. The van der Waals surface area contributed by atoms with Gasteiger partial charge in [0, 0.05) is 49.8 Å². The van der Waals surface area contributed by atoms with Gasteiger partial charge in [0.15, 0.2) is 0 Å². The number of nitrogens with zero attached hydrogens (tertiary/aromatic N) is 2. The van der Waals surface area contributed by atoms with E-state index in [2.05, 4.69) is 16.4 Å². The molecule has 7 heteroatoms. The number of hydrogen-bond acceptors (Lipinski definition) is 2. The van der Waals surface area contributed by atoms with E-state index in [1.807, 2.05) is 24.4 Å². The van der Waals surface area contributed by atoms with Crippen LogP contribution in [0.15, 0.2) is 48.7 Å². The molecule has 0 spiro atoms. The number of nitrogens with one attached hydrogen (secondary N) is 2. The fraction of sp³-hybridized carbons (Fsp3) is 0.286. The van der Waals surface area contributed by atoms with Gasteiger partial charge >= 0.3 is 6.03 Å². The van der Waals surface area contributed by atoms with Gasteiger partial charge in [0.05, 0.1) is 0 Å². The summed E-state index contributed by atoms with van der Waals surface area (Å²) in [7, 11) is 0. The van der Waals surface area contributed by atoms with Gasteiger partial charge in [-0.2, -0.15) is 0 Å². The highest BCUT2D eigenvalue weighted by Gasteiger charge is 2.24. The van der Waals surface area contributed by atoms with E-state index in [1.165, 1.54) is 18.2 Å². The van der Waals surface area contributed by atoms with Crippen LogP contribution in [0.2, 0.25) is 0 Å². The van der Waals surface area contributed by atoms with Crippen LogP contribution in [0.1, 0.15) is 5.56 Å². The van der Waals surface area contributed by atoms with Crippen molar-refractivity contribution in [3.8, 4) is 0 Å². The number of aromatic amines is 1. The van der Waals surface area contributed by atoms with Crippen molar-refractivity contribution in [2.24, 2.45) is 0 Å². The first-order valence-electron chi connectivity index (χ1n) is 9.40. The van der Waals surface area contributed by atoms with Gasteiger partial charge < -0.3 is 20.1 Å². The molecule has 2 N–H and O–H groups in total. The van der Waals surface area contributed by atoms with Crippen LogP contribution in [0.4, 0.5) is 19.3 Å². The Hall–Kier alpha value is -3.09. The predicted molar refractivity (Wildman–Crippen MR) is 106 cm³/mol. The molecule has 0 bridgehead atoms. The molecule has 0 radical (unpaired) electrons. The average Bonchev–Trinajstić information content (AvgIpc) is 3.11. The second-order valence-corrected chi connectivity index (χ2v) is 6.89. The quantitative estimate of drug-likeness (QED) is 0.723. The Morgan fingerprint density at radius 1 is 1.00 bits per heavy atom. The summed E-state index contributed by atoms with van der Waals surface area (Å²) in [6, 6.07) is 11.8. The molecule has 3 aromatic rings. The van der Waals surface area contributed by atoms with E-state index in [0.29, 0.717) is 32.7 Å². The Labute approximate surface area is 161 Å². The van der Waals surface area contributed by atoms with Crippen molar-refractivity contribution < 1.29 is 13.6 Å². The average molecular weight is 384 g/mol. The van der Waals surface area contributed by atoms with Crippen LogP contribution >= 0.6 is 0 Å². The number of benzene rings is 2. The molecule has 5 nitrogen and oxygen atoms in total. The Balaban J connectivity index is 1.28. The van der Waals surface area contributed by atoms with Crippen molar-refractivity contribution in [3.05, 3.63) is 65.9 Å². The Morgan fingerprint density at radius 3 is 2.46 bits per heavy atom.